The molecule has 0 heterocycles. The molecule has 0 aromatic heterocycles. The summed E-state index contributed by atoms with van der Waals surface area (Å²) in [5.41, 5.74) is 1.90. The molecular formula is C16H25NO. The Labute approximate surface area is 111 Å². The molecule has 0 fully saturated rings. The molecule has 1 atom stereocenters. The van der Waals surface area contributed by atoms with Crippen LogP contribution in [0.1, 0.15) is 58.9 Å². The van der Waals surface area contributed by atoms with Crippen LogP contribution < -0.4 is 5.32 Å². The van der Waals surface area contributed by atoms with E-state index in [1.54, 1.807) is 0 Å². The van der Waals surface area contributed by atoms with Crippen molar-refractivity contribution in [2.75, 3.05) is 5.32 Å². The maximum atomic E-state index is 12.0. The molecule has 1 N–H and O–H groups in total. The van der Waals surface area contributed by atoms with E-state index in [1.165, 1.54) is 5.56 Å². The minimum absolute atomic E-state index is 0.0845. The van der Waals surface area contributed by atoms with Crippen LogP contribution in [0.4, 0.5) is 5.69 Å². The number of hydrogen-bond acceptors (Lipinski definition) is 1. The molecule has 0 aliphatic carbocycles. The second-order valence-corrected chi connectivity index (χ2v) is 5.62. The normalized spacial score (nSPS) is 13.2. The molecule has 1 amide bonds. The predicted molar refractivity (Wildman–Crippen MR) is 77.8 cm³/mol. The Morgan fingerprint density at radius 3 is 2.22 bits per heavy atom. The quantitative estimate of drug-likeness (QED) is 0.811. The van der Waals surface area contributed by atoms with E-state index in [2.05, 4.69) is 31.3 Å². The monoisotopic (exact) mass is 247 g/mol. The minimum Gasteiger partial charge on any atom is -0.326 e. The molecule has 0 spiro atoms. The first kappa shape index (κ1) is 14.7. The molecule has 0 aliphatic rings. The Kier molecular flexibility index (Phi) is 4.94. The molecule has 0 saturated carbocycles. The zero-order chi connectivity index (χ0) is 13.8. The summed E-state index contributed by atoms with van der Waals surface area (Å²) in [6, 6.07) is 8.18. The van der Waals surface area contributed by atoms with Crippen molar-refractivity contribution in [3.05, 3.63) is 29.8 Å². The number of carbonyl (C=O) groups is 1. The lowest BCUT2D eigenvalue weighted by molar-refractivity contribution is -0.124. The fourth-order valence-electron chi connectivity index (χ4n) is 1.59. The number of nitrogens with one attached hydrogen (secondary N) is 1. The van der Waals surface area contributed by atoms with Gasteiger partial charge in [-0.3, -0.25) is 4.79 Å². The van der Waals surface area contributed by atoms with Crippen LogP contribution in [0, 0.1) is 5.41 Å². The molecule has 0 aliphatic heterocycles. The van der Waals surface area contributed by atoms with Crippen molar-refractivity contribution in [2.45, 2.75) is 53.4 Å². The molecule has 1 unspecified atom stereocenters. The van der Waals surface area contributed by atoms with Gasteiger partial charge in [-0.25, -0.2) is 0 Å². The number of amides is 1. The zero-order valence-corrected chi connectivity index (χ0v) is 12.2. The number of benzene rings is 1. The number of hydrogen-bond donors (Lipinski definition) is 1. The highest BCUT2D eigenvalue weighted by Gasteiger charge is 2.25. The lowest BCUT2D eigenvalue weighted by Gasteiger charge is -2.21. The third kappa shape index (κ3) is 3.59. The fraction of sp³-hybridized carbons (Fsp3) is 0.562. The maximum absolute atomic E-state index is 12.0. The highest BCUT2D eigenvalue weighted by molar-refractivity contribution is 5.94. The van der Waals surface area contributed by atoms with Gasteiger partial charge in [-0.05, 0) is 36.5 Å². The Morgan fingerprint density at radius 2 is 1.78 bits per heavy atom. The molecule has 1 aromatic rings. The second-order valence-electron chi connectivity index (χ2n) is 5.62. The summed E-state index contributed by atoms with van der Waals surface area (Å²) >= 11 is 0. The van der Waals surface area contributed by atoms with Crippen molar-refractivity contribution in [2.24, 2.45) is 5.41 Å². The zero-order valence-electron chi connectivity index (χ0n) is 12.2. The molecule has 0 bridgehead atoms. The van der Waals surface area contributed by atoms with Gasteiger partial charge in [-0.15, -0.1) is 0 Å². The summed E-state index contributed by atoms with van der Waals surface area (Å²) in [6.45, 7) is 10.4. The van der Waals surface area contributed by atoms with Crippen LogP contribution in [0.25, 0.3) is 0 Å². The van der Waals surface area contributed by atoms with Crippen LogP contribution in [0.15, 0.2) is 24.3 Å². The van der Waals surface area contributed by atoms with Gasteiger partial charge in [0.1, 0.15) is 0 Å². The maximum Gasteiger partial charge on any atom is 0.230 e. The van der Waals surface area contributed by atoms with Gasteiger partial charge in [-0.1, -0.05) is 46.8 Å². The van der Waals surface area contributed by atoms with Crippen molar-refractivity contribution >= 4 is 11.6 Å². The standard InChI is InChI=1S/C16H25NO/c1-6-12(3)13-8-10-14(11-9-13)17-15(18)16(4,5)7-2/h8-12H,6-7H2,1-5H3,(H,17,18). The first-order valence-electron chi connectivity index (χ1n) is 6.82. The van der Waals surface area contributed by atoms with Crippen LogP contribution in [-0.2, 0) is 4.79 Å². The average molecular weight is 247 g/mol. The van der Waals surface area contributed by atoms with Crippen molar-refractivity contribution in [3.63, 3.8) is 0 Å². The summed E-state index contributed by atoms with van der Waals surface area (Å²) in [6.07, 6.45) is 1.97. The molecule has 1 aromatic carbocycles. The Morgan fingerprint density at radius 1 is 1.22 bits per heavy atom. The molecule has 0 radical (unpaired) electrons. The Balaban J connectivity index is 2.73. The van der Waals surface area contributed by atoms with E-state index in [0.29, 0.717) is 5.92 Å². The van der Waals surface area contributed by atoms with Crippen molar-refractivity contribution in [3.8, 4) is 0 Å². The number of carbonyl (C=O) groups excluding carboxylic acids is 1. The number of anilines is 1. The summed E-state index contributed by atoms with van der Waals surface area (Å²) in [7, 11) is 0. The minimum atomic E-state index is -0.310. The van der Waals surface area contributed by atoms with Gasteiger partial charge in [0.25, 0.3) is 0 Å². The van der Waals surface area contributed by atoms with E-state index < -0.39 is 0 Å². The van der Waals surface area contributed by atoms with Gasteiger partial charge < -0.3 is 5.32 Å². The largest absolute Gasteiger partial charge is 0.326 e. The average Bonchev–Trinajstić information content (AvgIpc) is 2.38. The van der Waals surface area contributed by atoms with Gasteiger partial charge in [-0.2, -0.15) is 0 Å². The fourth-order valence-corrected chi connectivity index (χ4v) is 1.59. The van der Waals surface area contributed by atoms with Crippen LogP contribution in [0.5, 0.6) is 0 Å². The summed E-state index contributed by atoms with van der Waals surface area (Å²) in [4.78, 5) is 12.0. The van der Waals surface area contributed by atoms with Gasteiger partial charge in [0, 0.05) is 11.1 Å². The van der Waals surface area contributed by atoms with E-state index in [1.807, 2.05) is 32.9 Å². The van der Waals surface area contributed by atoms with Crippen LogP contribution in [0.2, 0.25) is 0 Å². The Hall–Kier alpha value is -1.31. The summed E-state index contributed by atoms with van der Waals surface area (Å²) in [5.74, 6) is 0.656. The predicted octanol–water partition coefficient (Wildman–Crippen LogP) is 4.57. The molecule has 0 saturated heterocycles. The summed E-state index contributed by atoms with van der Waals surface area (Å²) < 4.78 is 0. The van der Waals surface area contributed by atoms with E-state index >= 15 is 0 Å². The Bertz CT molecular complexity index is 392. The number of rotatable bonds is 5. The molecule has 2 heteroatoms. The van der Waals surface area contributed by atoms with Crippen molar-refractivity contribution < 1.29 is 4.79 Å². The van der Waals surface area contributed by atoms with Crippen molar-refractivity contribution in [1.82, 2.24) is 0 Å². The van der Waals surface area contributed by atoms with E-state index in [4.69, 9.17) is 0 Å². The van der Waals surface area contributed by atoms with E-state index in [9.17, 15) is 4.79 Å². The van der Waals surface area contributed by atoms with Gasteiger partial charge in [0.05, 0.1) is 0 Å². The highest BCUT2D eigenvalue weighted by atomic mass is 16.2. The van der Waals surface area contributed by atoms with E-state index in [-0.39, 0.29) is 11.3 Å². The SMILES string of the molecule is CCC(C)c1ccc(NC(=O)C(C)(C)CC)cc1. The lowest BCUT2D eigenvalue weighted by Crippen LogP contribution is -2.29. The van der Waals surface area contributed by atoms with Gasteiger partial charge >= 0.3 is 0 Å². The molecule has 1 rings (SSSR count). The summed E-state index contributed by atoms with van der Waals surface area (Å²) in [5, 5.41) is 2.98. The lowest BCUT2D eigenvalue weighted by atomic mass is 9.89. The van der Waals surface area contributed by atoms with E-state index in [0.717, 1.165) is 18.5 Å². The smallest absolute Gasteiger partial charge is 0.230 e. The third-order valence-corrected chi connectivity index (χ3v) is 3.85. The molecule has 18 heavy (non-hydrogen) atoms. The topological polar surface area (TPSA) is 29.1 Å². The van der Waals surface area contributed by atoms with Crippen LogP contribution >= 0.6 is 0 Å². The van der Waals surface area contributed by atoms with Gasteiger partial charge in [0.2, 0.25) is 5.91 Å². The third-order valence-electron chi connectivity index (χ3n) is 3.85. The first-order chi connectivity index (χ1) is 8.40. The second kappa shape index (κ2) is 6.03. The highest BCUT2D eigenvalue weighted by Crippen LogP contribution is 2.24. The molecule has 2 nitrogen and oxygen atoms in total. The molecular weight excluding hydrogens is 222 g/mol. The van der Waals surface area contributed by atoms with Gasteiger partial charge in [0.15, 0.2) is 0 Å². The van der Waals surface area contributed by atoms with Crippen LogP contribution in [-0.4, -0.2) is 5.91 Å². The van der Waals surface area contributed by atoms with Crippen LogP contribution in [0.3, 0.4) is 0 Å². The van der Waals surface area contributed by atoms with Crippen molar-refractivity contribution in [1.29, 1.82) is 0 Å². The first-order valence-corrected chi connectivity index (χ1v) is 6.82. The molecule has 100 valence electrons.